The van der Waals surface area contributed by atoms with Gasteiger partial charge in [-0.15, -0.1) is 0 Å². The van der Waals surface area contributed by atoms with Crippen molar-refractivity contribution in [2.24, 2.45) is 5.73 Å². The monoisotopic (exact) mass is 349 g/mol. The Morgan fingerprint density at radius 2 is 1.16 bits per heavy atom. The van der Waals surface area contributed by atoms with Crippen LogP contribution in [-0.2, 0) is 22.4 Å². The molecule has 0 aliphatic rings. The Morgan fingerprint density at radius 1 is 0.789 bits per heavy atom. The number of benzene rings is 2. The Balaban J connectivity index is 0.000000324. The number of primary amides is 1. The molecule has 4 nitrogen and oxygen atoms in total. The predicted octanol–water partition coefficient (Wildman–Crippen LogP) is 0.833. The standard InChI is InChI=1S/C7H7NO.C7H6O2.Ag/c2*8-7(9)6-4-2-1-3-5-6;/h1-5H,(H2,8,9);1-5H,(H,8,9);/q;;+1/p-1. The van der Waals surface area contributed by atoms with Gasteiger partial charge in [-0.1, -0.05) is 48.5 Å². The van der Waals surface area contributed by atoms with Crippen molar-refractivity contribution in [3.8, 4) is 0 Å². The van der Waals surface area contributed by atoms with Crippen molar-refractivity contribution in [1.82, 2.24) is 0 Å². The molecule has 0 fully saturated rings. The number of amides is 1. The van der Waals surface area contributed by atoms with Gasteiger partial charge in [-0.25, -0.2) is 0 Å². The minimum Gasteiger partial charge on any atom is -0.545 e. The van der Waals surface area contributed by atoms with Crippen LogP contribution >= 0.6 is 0 Å². The Kier molecular flexibility index (Phi) is 8.20. The number of hydrogen-bond donors (Lipinski definition) is 1. The first-order chi connectivity index (χ1) is 8.61. The third-order valence-corrected chi connectivity index (χ3v) is 2.07. The third-order valence-electron chi connectivity index (χ3n) is 2.07. The van der Waals surface area contributed by atoms with E-state index in [0.29, 0.717) is 5.56 Å². The third kappa shape index (κ3) is 6.57. The fraction of sp³-hybridized carbons (Fsp3) is 0. The zero-order valence-corrected chi connectivity index (χ0v) is 11.4. The number of carboxylic acid groups (broad SMARTS) is 1. The van der Waals surface area contributed by atoms with E-state index in [0.717, 1.165) is 0 Å². The first-order valence-corrected chi connectivity index (χ1v) is 5.22. The van der Waals surface area contributed by atoms with E-state index in [2.05, 4.69) is 0 Å². The molecule has 2 rings (SSSR count). The second-order valence-electron chi connectivity index (χ2n) is 3.38. The largest absolute Gasteiger partial charge is 1.00 e. The summed E-state index contributed by atoms with van der Waals surface area (Å²) >= 11 is 0. The first kappa shape index (κ1) is 17.1. The Morgan fingerprint density at radius 3 is 1.37 bits per heavy atom. The number of carbonyl (C=O) groups is 2. The van der Waals surface area contributed by atoms with Crippen LogP contribution in [0, 0.1) is 0 Å². The van der Waals surface area contributed by atoms with E-state index in [1.54, 1.807) is 42.5 Å². The molecular formula is C14H12AgNO3. The summed E-state index contributed by atoms with van der Waals surface area (Å²) in [5.41, 5.74) is 5.75. The molecule has 0 heterocycles. The summed E-state index contributed by atoms with van der Waals surface area (Å²) in [4.78, 5) is 20.5. The molecule has 5 heteroatoms. The van der Waals surface area contributed by atoms with Crippen LogP contribution in [0.5, 0.6) is 0 Å². The molecule has 0 saturated heterocycles. The Labute approximate surface area is 126 Å². The zero-order chi connectivity index (χ0) is 13.4. The maximum Gasteiger partial charge on any atom is 1.00 e. The van der Waals surface area contributed by atoms with Crippen LogP contribution in [0.1, 0.15) is 20.7 Å². The van der Waals surface area contributed by atoms with Gasteiger partial charge in [0.1, 0.15) is 0 Å². The molecule has 102 valence electrons. The molecule has 2 aromatic carbocycles. The van der Waals surface area contributed by atoms with Crippen molar-refractivity contribution in [1.29, 1.82) is 0 Å². The van der Waals surface area contributed by atoms with E-state index < -0.39 is 5.97 Å². The summed E-state index contributed by atoms with van der Waals surface area (Å²) in [5, 5.41) is 10.1. The summed E-state index contributed by atoms with van der Waals surface area (Å²) < 4.78 is 0. The summed E-state index contributed by atoms with van der Waals surface area (Å²) in [6.45, 7) is 0. The van der Waals surface area contributed by atoms with Gasteiger partial charge in [0.15, 0.2) is 0 Å². The molecule has 2 N–H and O–H groups in total. The SMILES string of the molecule is NC(=O)c1ccccc1.O=C([O-])c1ccccc1.[Ag+]. The average Bonchev–Trinajstić information content (AvgIpc) is 2.41. The van der Waals surface area contributed by atoms with Crippen LogP contribution < -0.4 is 10.8 Å². The number of carbonyl (C=O) groups excluding carboxylic acids is 2. The van der Waals surface area contributed by atoms with E-state index in [9.17, 15) is 14.7 Å². The second-order valence-corrected chi connectivity index (χ2v) is 3.38. The fourth-order valence-electron chi connectivity index (χ4n) is 1.18. The van der Waals surface area contributed by atoms with Crippen LogP contribution in [0.3, 0.4) is 0 Å². The summed E-state index contributed by atoms with van der Waals surface area (Å²) in [7, 11) is 0. The number of aromatic carboxylic acids is 1. The number of nitrogens with two attached hydrogens (primary N) is 1. The number of carboxylic acids is 1. The Hall–Kier alpha value is -1.88. The number of rotatable bonds is 2. The van der Waals surface area contributed by atoms with Crippen LogP contribution in [0.2, 0.25) is 0 Å². The summed E-state index contributed by atoms with van der Waals surface area (Å²) in [6, 6.07) is 16.8. The topological polar surface area (TPSA) is 83.2 Å². The molecule has 1 amide bonds. The second kappa shape index (κ2) is 9.10. The van der Waals surface area contributed by atoms with Crippen molar-refractivity contribution in [3.63, 3.8) is 0 Å². The normalized spacial score (nSPS) is 8.42. The molecule has 0 aromatic heterocycles. The van der Waals surface area contributed by atoms with Gasteiger partial charge in [0.2, 0.25) is 5.91 Å². The quantitative estimate of drug-likeness (QED) is 0.815. The predicted molar refractivity (Wildman–Crippen MR) is 65.7 cm³/mol. The van der Waals surface area contributed by atoms with Crippen molar-refractivity contribution in [2.75, 3.05) is 0 Å². The van der Waals surface area contributed by atoms with Gasteiger partial charge in [0.25, 0.3) is 0 Å². The molecule has 0 radical (unpaired) electrons. The maximum atomic E-state index is 10.4. The molecule has 0 aliphatic heterocycles. The van der Waals surface area contributed by atoms with Gasteiger partial charge in [0.05, 0.1) is 5.97 Å². The van der Waals surface area contributed by atoms with Gasteiger partial charge in [-0.05, 0) is 17.7 Å². The van der Waals surface area contributed by atoms with Gasteiger partial charge in [0, 0.05) is 5.56 Å². The van der Waals surface area contributed by atoms with E-state index in [-0.39, 0.29) is 33.9 Å². The van der Waals surface area contributed by atoms with Gasteiger partial charge >= 0.3 is 22.4 Å². The van der Waals surface area contributed by atoms with Crippen LogP contribution in [0.15, 0.2) is 60.7 Å². The van der Waals surface area contributed by atoms with Crippen molar-refractivity contribution < 1.29 is 37.1 Å². The van der Waals surface area contributed by atoms with E-state index >= 15 is 0 Å². The fourth-order valence-corrected chi connectivity index (χ4v) is 1.18. The van der Waals surface area contributed by atoms with E-state index in [4.69, 9.17) is 5.73 Å². The molecule has 0 saturated carbocycles. The molecule has 2 aromatic rings. The van der Waals surface area contributed by atoms with Crippen LogP contribution in [0.4, 0.5) is 0 Å². The van der Waals surface area contributed by atoms with Crippen molar-refractivity contribution in [3.05, 3.63) is 71.8 Å². The molecule has 0 atom stereocenters. The van der Waals surface area contributed by atoms with Crippen LogP contribution in [0.25, 0.3) is 0 Å². The van der Waals surface area contributed by atoms with Gasteiger partial charge < -0.3 is 15.6 Å². The molecule has 0 bridgehead atoms. The molecule has 0 spiro atoms. The van der Waals surface area contributed by atoms with E-state index in [1.807, 2.05) is 6.07 Å². The molecule has 0 unspecified atom stereocenters. The smallest absolute Gasteiger partial charge is 0.545 e. The average molecular weight is 350 g/mol. The Bertz CT molecular complexity index is 465. The minimum absolute atomic E-state index is 0. The van der Waals surface area contributed by atoms with Gasteiger partial charge in [-0.2, -0.15) is 0 Å². The minimum atomic E-state index is -1.13. The van der Waals surface area contributed by atoms with Gasteiger partial charge in [-0.3, -0.25) is 4.79 Å². The maximum absolute atomic E-state index is 10.4. The van der Waals surface area contributed by atoms with Crippen molar-refractivity contribution in [2.45, 2.75) is 0 Å². The molecule has 0 aliphatic carbocycles. The summed E-state index contributed by atoms with van der Waals surface area (Å²) in [6.07, 6.45) is 0. The van der Waals surface area contributed by atoms with E-state index in [1.165, 1.54) is 12.1 Å². The van der Waals surface area contributed by atoms with Crippen molar-refractivity contribution >= 4 is 11.9 Å². The molecule has 19 heavy (non-hydrogen) atoms. The summed E-state index contributed by atoms with van der Waals surface area (Å²) in [5.74, 6) is -1.51. The first-order valence-electron chi connectivity index (χ1n) is 5.22. The molecular weight excluding hydrogens is 338 g/mol. The number of hydrogen-bond acceptors (Lipinski definition) is 3. The zero-order valence-electron chi connectivity index (χ0n) is 9.88. The van der Waals surface area contributed by atoms with Crippen LogP contribution in [-0.4, -0.2) is 11.9 Å².